The number of hydrogen-bond donors (Lipinski definition) is 0. The van der Waals surface area contributed by atoms with Crippen molar-refractivity contribution in [3.05, 3.63) is 78.3 Å². The van der Waals surface area contributed by atoms with Crippen molar-refractivity contribution in [3.63, 3.8) is 0 Å². The van der Waals surface area contributed by atoms with E-state index in [1.54, 1.807) is 15.4 Å². The lowest BCUT2D eigenvalue weighted by Crippen LogP contribution is -2.11. The predicted molar refractivity (Wildman–Crippen MR) is 115 cm³/mol. The van der Waals surface area contributed by atoms with E-state index in [0.29, 0.717) is 5.46 Å². The molecule has 1 unspecified atom stereocenters. The van der Waals surface area contributed by atoms with Crippen molar-refractivity contribution in [2.24, 2.45) is 0 Å². The zero-order chi connectivity index (χ0) is 20.7. The van der Waals surface area contributed by atoms with Crippen molar-refractivity contribution in [2.75, 3.05) is 0 Å². The molecular formula is C22H19BN6O. The van der Waals surface area contributed by atoms with E-state index in [1.807, 2.05) is 43.6 Å². The van der Waals surface area contributed by atoms with Crippen molar-refractivity contribution in [1.82, 2.24) is 29.2 Å². The quantitative estimate of drug-likeness (QED) is 0.429. The molecule has 0 N–H and O–H groups in total. The van der Waals surface area contributed by atoms with Gasteiger partial charge in [0.15, 0.2) is 5.65 Å². The molecule has 0 aliphatic carbocycles. The number of aromatic nitrogens is 6. The van der Waals surface area contributed by atoms with E-state index >= 15 is 0 Å². The Labute approximate surface area is 174 Å². The van der Waals surface area contributed by atoms with E-state index in [9.17, 15) is 0 Å². The summed E-state index contributed by atoms with van der Waals surface area (Å²) in [5.74, 6) is 1.73. The molecule has 0 aliphatic rings. The average Bonchev–Trinajstić information content (AvgIpc) is 3.36. The molecule has 1 aromatic carbocycles. The Hall–Kier alpha value is -3.68. The second kappa shape index (κ2) is 7.29. The first-order valence-corrected chi connectivity index (χ1v) is 9.73. The number of ether oxygens (including phenoxy) is 1. The molecule has 0 amide bonds. The summed E-state index contributed by atoms with van der Waals surface area (Å²) in [5, 5.41) is 8.33. The Morgan fingerprint density at radius 1 is 1.00 bits per heavy atom. The maximum atomic E-state index is 6.13. The lowest BCUT2D eigenvalue weighted by molar-refractivity contribution is 0.478. The maximum absolute atomic E-state index is 6.13. The van der Waals surface area contributed by atoms with Gasteiger partial charge in [0.25, 0.3) is 0 Å². The van der Waals surface area contributed by atoms with Gasteiger partial charge >= 0.3 is 0 Å². The normalized spacial score (nSPS) is 12.5. The molecule has 8 heteroatoms. The van der Waals surface area contributed by atoms with E-state index in [4.69, 9.17) is 12.6 Å². The molecule has 5 aromatic rings. The number of aryl methyl sites for hydroxylation is 1. The maximum Gasteiger partial charge on any atom is 0.158 e. The summed E-state index contributed by atoms with van der Waals surface area (Å²) >= 11 is 0. The highest BCUT2D eigenvalue weighted by atomic mass is 16.5. The molecule has 7 nitrogen and oxygen atoms in total. The average molecular weight is 394 g/mol. The van der Waals surface area contributed by atoms with Crippen LogP contribution < -0.4 is 10.2 Å². The van der Waals surface area contributed by atoms with Crippen LogP contribution in [0.4, 0.5) is 0 Å². The Balaban J connectivity index is 1.37. The molecule has 0 bridgehead atoms. The first-order valence-electron chi connectivity index (χ1n) is 9.73. The van der Waals surface area contributed by atoms with Crippen molar-refractivity contribution in [2.45, 2.75) is 26.2 Å². The molecule has 5 rings (SSSR count). The molecule has 4 heterocycles. The van der Waals surface area contributed by atoms with Crippen LogP contribution in [0.1, 0.15) is 29.7 Å². The molecule has 2 radical (unpaired) electrons. The van der Waals surface area contributed by atoms with Gasteiger partial charge in [-0.15, -0.1) is 0 Å². The topological polar surface area (TPSA) is 69.6 Å². The van der Waals surface area contributed by atoms with Crippen LogP contribution in [0.25, 0.3) is 11.2 Å². The first kappa shape index (κ1) is 18.4. The largest absolute Gasteiger partial charge is 0.457 e. The van der Waals surface area contributed by atoms with Gasteiger partial charge in [-0.2, -0.15) is 10.2 Å². The van der Waals surface area contributed by atoms with Gasteiger partial charge in [0.2, 0.25) is 0 Å². The first-order chi connectivity index (χ1) is 14.6. The smallest absolute Gasteiger partial charge is 0.158 e. The van der Waals surface area contributed by atoms with Crippen LogP contribution in [0.2, 0.25) is 0 Å². The summed E-state index contributed by atoms with van der Waals surface area (Å²) in [6.07, 6.45) is 7.62. The Kier molecular flexibility index (Phi) is 4.46. The molecule has 146 valence electrons. The molecule has 0 saturated carbocycles. The van der Waals surface area contributed by atoms with Crippen LogP contribution in [0.3, 0.4) is 0 Å². The van der Waals surface area contributed by atoms with Gasteiger partial charge in [0, 0.05) is 24.4 Å². The molecule has 1 atom stereocenters. The summed E-state index contributed by atoms with van der Waals surface area (Å²) in [6.45, 7) is 4.20. The third kappa shape index (κ3) is 3.30. The Morgan fingerprint density at radius 2 is 1.80 bits per heavy atom. The minimum Gasteiger partial charge on any atom is -0.457 e. The summed E-state index contributed by atoms with van der Waals surface area (Å²) in [6, 6.07) is 11.8. The highest BCUT2D eigenvalue weighted by Gasteiger charge is 2.15. The second-order valence-corrected chi connectivity index (χ2v) is 7.44. The number of fused-ring (bicyclic) bond motifs is 2. The van der Waals surface area contributed by atoms with Gasteiger partial charge in [0.1, 0.15) is 32.0 Å². The monoisotopic (exact) mass is 394 g/mol. The van der Waals surface area contributed by atoms with Crippen LogP contribution >= 0.6 is 0 Å². The minimum atomic E-state index is 0.189. The summed E-state index contributed by atoms with van der Waals surface area (Å²) in [7, 11) is 6.13. The molecular weight excluding hydrogens is 375 g/mol. The zero-order valence-electron chi connectivity index (χ0n) is 16.7. The van der Waals surface area contributed by atoms with Gasteiger partial charge in [0.05, 0.1) is 11.2 Å². The Morgan fingerprint density at radius 3 is 2.67 bits per heavy atom. The van der Waals surface area contributed by atoms with Gasteiger partial charge in [-0.25, -0.2) is 19.0 Å². The van der Waals surface area contributed by atoms with Crippen LogP contribution in [-0.2, 0) is 6.42 Å². The number of nitrogens with zero attached hydrogens (tertiary/aromatic N) is 6. The Bertz CT molecular complexity index is 1360. The van der Waals surface area contributed by atoms with Crippen molar-refractivity contribution in [1.29, 1.82) is 0 Å². The SMILES string of the molecule is [B]c1ccn2ncnc(C(C)Cc3ccc(Oc4ccn5ncnc5c4)c(C)c3)c12. The third-order valence-electron chi connectivity index (χ3n) is 5.24. The van der Waals surface area contributed by atoms with Crippen molar-refractivity contribution >= 4 is 24.5 Å². The van der Waals surface area contributed by atoms with Gasteiger partial charge in [-0.05, 0) is 42.7 Å². The predicted octanol–water partition coefficient (Wildman–Crippen LogP) is 3.01. The second-order valence-electron chi connectivity index (χ2n) is 7.44. The fraction of sp³-hybridized carbons (Fsp3) is 0.182. The molecule has 0 fully saturated rings. The van der Waals surface area contributed by atoms with E-state index in [0.717, 1.165) is 40.3 Å². The van der Waals surface area contributed by atoms with Crippen LogP contribution in [0, 0.1) is 6.92 Å². The number of benzene rings is 1. The number of hydrogen-bond acceptors (Lipinski definition) is 5. The summed E-state index contributed by atoms with van der Waals surface area (Å²) in [5.41, 5.74) is 5.55. The van der Waals surface area contributed by atoms with Gasteiger partial charge in [-0.1, -0.05) is 24.5 Å². The minimum absolute atomic E-state index is 0.189. The molecule has 4 aromatic heterocycles. The molecule has 0 aliphatic heterocycles. The highest BCUT2D eigenvalue weighted by Crippen LogP contribution is 2.28. The summed E-state index contributed by atoms with van der Waals surface area (Å²) < 4.78 is 9.55. The van der Waals surface area contributed by atoms with Crippen molar-refractivity contribution in [3.8, 4) is 11.5 Å². The highest BCUT2D eigenvalue weighted by molar-refractivity contribution is 6.37. The molecule has 30 heavy (non-hydrogen) atoms. The summed E-state index contributed by atoms with van der Waals surface area (Å²) in [4.78, 5) is 8.70. The van der Waals surface area contributed by atoms with Gasteiger partial charge < -0.3 is 4.74 Å². The molecule has 0 spiro atoms. The van der Waals surface area contributed by atoms with Crippen molar-refractivity contribution < 1.29 is 4.74 Å². The fourth-order valence-corrected chi connectivity index (χ4v) is 3.75. The fourth-order valence-electron chi connectivity index (χ4n) is 3.75. The van der Waals surface area contributed by atoms with Gasteiger partial charge in [-0.3, -0.25) is 0 Å². The van der Waals surface area contributed by atoms with Crippen LogP contribution in [0.15, 0.2) is 61.4 Å². The van der Waals surface area contributed by atoms with E-state index in [2.05, 4.69) is 39.2 Å². The standard InChI is InChI=1S/C22H19BN6O/c1-14-9-16(10-15(2)21-22-18(23)6-8-29(22)27-13-25-21)3-4-19(14)30-17-5-7-28-20(11-17)24-12-26-28/h3-9,11-13,15H,10H2,1-2H3. The zero-order valence-corrected chi connectivity index (χ0v) is 16.7. The number of pyridine rings is 1. The van der Waals surface area contributed by atoms with E-state index in [-0.39, 0.29) is 5.92 Å². The van der Waals surface area contributed by atoms with E-state index in [1.165, 1.54) is 11.9 Å². The lowest BCUT2D eigenvalue weighted by Gasteiger charge is -2.15. The van der Waals surface area contributed by atoms with E-state index < -0.39 is 0 Å². The van der Waals surface area contributed by atoms with Crippen LogP contribution in [-0.4, -0.2) is 37.0 Å². The van der Waals surface area contributed by atoms with Crippen LogP contribution in [0.5, 0.6) is 11.5 Å². The lowest BCUT2D eigenvalue weighted by atomic mass is 9.91. The number of rotatable bonds is 5. The third-order valence-corrected chi connectivity index (χ3v) is 5.24. The molecule has 0 saturated heterocycles.